The molecule has 0 amide bonds. The van der Waals surface area contributed by atoms with Crippen LogP contribution in [-0.4, -0.2) is 4.98 Å². The highest BCUT2D eigenvalue weighted by Crippen LogP contribution is 2.40. The Morgan fingerprint density at radius 3 is 2.11 bits per heavy atom. The van der Waals surface area contributed by atoms with E-state index in [-0.39, 0.29) is 5.76 Å². The van der Waals surface area contributed by atoms with Crippen LogP contribution in [0.5, 0.6) is 0 Å². The number of aromatic nitrogens is 1. The molecule has 0 fully saturated rings. The van der Waals surface area contributed by atoms with Crippen LogP contribution in [0.15, 0.2) is 35.2 Å². The van der Waals surface area contributed by atoms with E-state index in [4.69, 9.17) is 0 Å². The molecule has 0 saturated carbocycles. The van der Waals surface area contributed by atoms with Gasteiger partial charge in [-0.3, -0.25) is 0 Å². The first-order valence-electron chi connectivity index (χ1n) is 4.87. The lowest BCUT2D eigenvalue weighted by atomic mass is 10.0. The van der Waals surface area contributed by atoms with E-state index in [1.165, 1.54) is 0 Å². The summed E-state index contributed by atoms with van der Waals surface area (Å²) in [5.41, 5.74) is -3.09. The van der Waals surface area contributed by atoms with Crippen LogP contribution >= 0.6 is 0 Å². The highest BCUT2D eigenvalue weighted by molar-refractivity contribution is 5.63. The number of oxazole rings is 1. The van der Waals surface area contributed by atoms with E-state index in [2.05, 4.69) is 9.40 Å². The third-order valence-electron chi connectivity index (χ3n) is 2.35. The van der Waals surface area contributed by atoms with E-state index in [9.17, 15) is 26.3 Å². The first-order valence-corrected chi connectivity index (χ1v) is 4.87. The Balaban J connectivity index is 2.65. The van der Waals surface area contributed by atoms with Crippen molar-refractivity contribution in [1.29, 1.82) is 0 Å². The van der Waals surface area contributed by atoms with Crippen molar-refractivity contribution in [3.05, 3.63) is 41.9 Å². The molecule has 0 N–H and O–H groups in total. The number of hydrogen-bond acceptors (Lipinski definition) is 2. The molecule has 0 aliphatic carbocycles. The maximum atomic E-state index is 12.7. The summed E-state index contributed by atoms with van der Waals surface area (Å²) >= 11 is 0. The molecular weight excluding hydrogens is 276 g/mol. The summed E-state index contributed by atoms with van der Waals surface area (Å²) in [6.45, 7) is 0. The Morgan fingerprint density at radius 2 is 1.63 bits per heavy atom. The quantitative estimate of drug-likeness (QED) is 0.725. The third kappa shape index (κ3) is 2.72. The summed E-state index contributed by atoms with van der Waals surface area (Å²) in [7, 11) is 0. The summed E-state index contributed by atoms with van der Waals surface area (Å²) in [6, 6.07) is 1.15. The van der Waals surface area contributed by atoms with Gasteiger partial charge >= 0.3 is 12.4 Å². The van der Waals surface area contributed by atoms with Gasteiger partial charge in [-0.1, -0.05) is 0 Å². The number of hydrogen-bond donors (Lipinski definition) is 0. The van der Waals surface area contributed by atoms with Gasteiger partial charge in [-0.05, 0) is 18.2 Å². The minimum Gasteiger partial charge on any atom is -0.444 e. The highest BCUT2D eigenvalue weighted by atomic mass is 19.4. The van der Waals surface area contributed by atoms with Gasteiger partial charge in [0.15, 0.2) is 12.2 Å². The van der Waals surface area contributed by atoms with Gasteiger partial charge in [-0.2, -0.15) is 26.3 Å². The lowest BCUT2D eigenvalue weighted by Gasteiger charge is -2.14. The first kappa shape index (κ1) is 13.4. The zero-order valence-electron chi connectivity index (χ0n) is 9.01. The van der Waals surface area contributed by atoms with Gasteiger partial charge in [0.25, 0.3) is 0 Å². The molecule has 2 aromatic rings. The van der Waals surface area contributed by atoms with Crippen LogP contribution in [0.2, 0.25) is 0 Å². The highest BCUT2D eigenvalue weighted by Gasteiger charge is 2.37. The third-order valence-corrected chi connectivity index (χ3v) is 2.35. The molecule has 0 bridgehead atoms. The molecule has 0 spiro atoms. The fourth-order valence-electron chi connectivity index (χ4n) is 1.52. The Kier molecular flexibility index (Phi) is 3.03. The van der Waals surface area contributed by atoms with Crippen LogP contribution in [0.25, 0.3) is 11.3 Å². The van der Waals surface area contributed by atoms with E-state index in [0.29, 0.717) is 18.2 Å². The number of nitrogens with zero attached hydrogens (tertiary/aromatic N) is 1. The average Bonchev–Trinajstić information content (AvgIpc) is 2.79. The average molecular weight is 281 g/mol. The first-order chi connectivity index (χ1) is 8.69. The topological polar surface area (TPSA) is 26.0 Å². The van der Waals surface area contributed by atoms with Crippen molar-refractivity contribution in [2.24, 2.45) is 0 Å². The zero-order chi connectivity index (χ0) is 14.3. The van der Waals surface area contributed by atoms with E-state index in [1.807, 2.05) is 0 Å². The van der Waals surface area contributed by atoms with Gasteiger partial charge in [0.2, 0.25) is 0 Å². The molecule has 0 unspecified atom stereocenters. The summed E-state index contributed by atoms with van der Waals surface area (Å²) in [5.74, 6) is -0.376. The van der Waals surface area contributed by atoms with Crippen LogP contribution in [0.3, 0.4) is 0 Å². The van der Waals surface area contributed by atoms with Crippen LogP contribution in [-0.2, 0) is 12.4 Å². The van der Waals surface area contributed by atoms with Gasteiger partial charge in [0.05, 0.1) is 17.3 Å². The van der Waals surface area contributed by atoms with Gasteiger partial charge in [0.1, 0.15) is 0 Å². The summed E-state index contributed by atoms with van der Waals surface area (Å²) in [5, 5.41) is 0. The molecule has 8 heteroatoms. The number of halogens is 6. The van der Waals surface area contributed by atoms with E-state index in [1.54, 1.807) is 0 Å². The monoisotopic (exact) mass is 281 g/mol. The molecule has 1 aromatic carbocycles. The Morgan fingerprint density at radius 1 is 0.947 bits per heavy atom. The van der Waals surface area contributed by atoms with Crippen molar-refractivity contribution in [3.63, 3.8) is 0 Å². The molecule has 19 heavy (non-hydrogen) atoms. The summed E-state index contributed by atoms with van der Waals surface area (Å²) in [6.07, 6.45) is -7.76. The minimum atomic E-state index is -4.79. The molecule has 1 heterocycles. The molecular formula is C11H5F6NO. The molecule has 0 atom stereocenters. The molecule has 102 valence electrons. The van der Waals surface area contributed by atoms with Crippen LogP contribution in [0.4, 0.5) is 26.3 Å². The van der Waals surface area contributed by atoms with E-state index in [0.717, 1.165) is 12.6 Å². The molecule has 2 rings (SSSR count). The normalized spacial score (nSPS) is 12.7. The Bertz CT molecular complexity index is 570. The van der Waals surface area contributed by atoms with Gasteiger partial charge in [0, 0.05) is 5.56 Å². The molecule has 0 aliphatic rings. The summed E-state index contributed by atoms with van der Waals surface area (Å²) < 4.78 is 80.4. The van der Waals surface area contributed by atoms with Gasteiger partial charge < -0.3 is 4.42 Å². The number of benzene rings is 1. The predicted octanol–water partition coefficient (Wildman–Crippen LogP) is 4.38. The van der Waals surface area contributed by atoms with Crippen LogP contribution in [0.1, 0.15) is 11.1 Å². The number of rotatable bonds is 1. The van der Waals surface area contributed by atoms with Crippen molar-refractivity contribution in [2.75, 3.05) is 0 Å². The second kappa shape index (κ2) is 4.29. The van der Waals surface area contributed by atoms with Crippen molar-refractivity contribution in [1.82, 2.24) is 4.98 Å². The van der Waals surface area contributed by atoms with Crippen molar-refractivity contribution >= 4 is 0 Å². The van der Waals surface area contributed by atoms with Crippen LogP contribution in [0, 0.1) is 0 Å². The molecule has 0 aliphatic heterocycles. The fraction of sp³-hybridized carbons (Fsp3) is 0.182. The Labute approximate surface area is 102 Å². The van der Waals surface area contributed by atoms with Gasteiger partial charge in [-0.25, -0.2) is 4.98 Å². The second-order valence-electron chi connectivity index (χ2n) is 3.62. The zero-order valence-corrected chi connectivity index (χ0v) is 9.01. The predicted molar refractivity (Wildman–Crippen MR) is 51.9 cm³/mol. The van der Waals surface area contributed by atoms with Crippen molar-refractivity contribution in [3.8, 4) is 11.3 Å². The molecule has 2 nitrogen and oxygen atoms in total. The fourth-order valence-corrected chi connectivity index (χ4v) is 1.52. The van der Waals surface area contributed by atoms with E-state index >= 15 is 0 Å². The SMILES string of the molecule is FC(F)(F)c1ccc(C(F)(F)F)c(-c2cnco2)c1. The summed E-state index contributed by atoms with van der Waals surface area (Å²) in [4.78, 5) is 3.40. The molecule has 0 saturated heterocycles. The smallest absolute Gasteiger partial charge is 0.417 e. The lowest BCUT2D eigenvalue weighted by Crippen LogP contribution is -2.10. The Hall–Kier alpha value is -1.99. The maximum Gasteiger partial charge on any atom is 0.417 e. The molecule has 0 radical (unpaired) electrons. The van der Waals surface area contributed by atoms with Gasteiger partial charge in [-0.15, -0.1) is 0 Å². The van der Waals surface area contributed by atoms with Crippen molar-refractivity contribution < 1.29 is 30.8 Å². The lowest BCUT2D eigenvalue weighted by molar-refractivity contribution is -0.141. The second-order valence-corrected chi connectivity index (χ2v) is 3.62. The maximum absolute atomic E-state index is 12.7. The standard InChI is InChI=1S/C11H5F6NO/c12-10(13,14)6-1-2-8(11(15,16)17)7(3-6)9-4-18-5-19-9/h1-5H. The minimum absolute atomic E-state index is 0.376. The number of alkyl halides is 6. The van der Waals surface area contributed by atoms with E-state index < -0.39 is 29.0 Å². The van der Waals surface area contributed by atoms with Crippen molar-refractivity contribution in [2.45, 2.75) is 12.4 Å². The van der Waals surface area contributed by atoms with Crippen LogP contribution < -0.4 is 0 Å². The molecule has 1 aromatic heterocycles. The largest absolute Gasteiger partial charge is 0.444 e.